The van der Waals surface area contributed by atoms with E-state index in [4.69, 9.17) is 9.84 Å². The molecule has 0 radical (unpaired) electrons. The molecule has 0 aliphatic rings. The minimum Gasteiger partial charge on any atom is -0.493 e. The first-order chi connectivity index (χ1) is 14.3. The van der Waals surface area contributed by atoms with Crippen molar-refractivity contribution in [3.63, 3.8) is 0 Å². The topological polar surface area (TPSA) is 111 Å². The molecule has 0 unspecified atom stereocenters. The minimum atomic E-state index is -3.75. The number of carbonyl (C=O) groups is 1. The van der Waals surface area contributed by atoms with E-state index >= 15 is 0 Å². The molecule has 3 rings (SSSR count). The summed E-state index contributed by atoms with van der Waals surface area (Å²) in [5, 5.41) is 12.8. The Balaban J connectivity index is 1.63. The lowest BCUT2D eigenvalue weighted by atomic mass is 10.2. The van der Waals surface area contributed by atoms with Crippen LogP contribution in [0, 0.1) is 6.92 Å². The Bertz CT molecular complexity index is 1090. The number of rotatable bonds is 10. The molecule has 0 saturated heterocycles. The van der Waals surface area contributed by atoms with Crippen LogP contribution >= 0.6 is 0 Å². The van der Waals surface area contributed by atoms with Gasteiger partial charge in [0.15, 0.2) is 0 Å². The van der Waals surface area contributed by atoms with Crippen molar-refractivity contribution >= 4 is 21.7 Å². The van der Waals surface area contributed by atoms with Crippen LogP contribution in [-0.4, -0.2) is 35.9 Å². The molecule has 1 aromatic heterocycles. The second-order valence-electron chi connectivity index (χ2n) is 6.78. The molecule has 2 N–H and O–H groups in total. The monoisotopic (exact) mass is 429 g/mol. The lowest BCUT2D eigenvalue weighted by Gasteiger charge is -2.12. The minimum absolute atomic E-state index is 0.0240. The van der Waals surface area contributed by atoms with Crippen LogP contribution in [0.15, 0.2) is 65.8 Å². The Kier molecular flexibility index (Phi) is 6.73. The fourth-order valence-corrected chi connectivity index (χ4v) is 3.97. The number of hydrogen-bond donors (Lipinski definition) is 2. The van der Waals surface area contributed by atoms with Crippen LogP contribution in [0.2, 0.25) is 0 Å². The summed E-state index contributed by atoms with van der Waals surface area (Å²) in [6, 6.07) is 13.5. The first-order valence-electron chi connectivity index (χ1n) is 9.38. The number of carboxylic acids is 1. The van der Waals surface area contributed by atoms with E-state index < -0.39 is 16.0 Å². The number of anilines is 1. The number of aliphatic carboxylic acids is 1. The summed E-state index contributed by atoms with van der Waals surface area (Å²) < 4.78 is 35.3. The normalized spacial score (nSPS) is 11.2. The molecule has 0 amide bonds. The van der Waals surface area contributed by atoms with Gasteiger partial charge in [0.2, 0.25) is 0 Å². The highest BCUT2D eigenvalue weighted by Crippen LogP contribution is 2.24. The quantitative estimate of drug-likeness (QED) is 0.479. The maximum absolute atomic E-state index is 12.7. The Morgan fingerprint density at radius 1 is 1.20 bits per heavy atom. The van der Waals surface area contributed by atoms with Crippen LogP contribution in [-0.2, 0) is 21.4 Å². The Morgan fingerprint density at radius 3 is 2.60 bits per heavy atom. The number of ether oxygens (including phenoxy) is 1. The van der Waals surface area contributed by atoms with Crippen molar-refractivity contribution < 1.29 is 23.1 Å². The van der Waals surface area contributed by atoms with Gasteiger partial charge in [-0.15, -0.1) is 0 Å². The molecule has 3 aromatic rings. The van der Waals surface area contributed by atoms with E-state index in [0.29, 0.717) is 30.0 Å². The maximum Gasteiger partial charge on any atom is 0.303 e. The SMILES string of the molecule is Cc1cc(S(=O)(=O)Nc2ccc(Cn3cccn3)cc2)ccc1OCCCC(=O)O. The van der Waals surface area contributed by atoms with Crippen molar-refractivity contribution in [1.29, 1.82) is 0 Å². The zero-order valence-electron chi connectivity index (χ0n) is 16.5. The van der Waals surface area contributed by atoms with Crippen molar-refractivity contribution in [3.8, 4) is 5.75 Å². The standard InChI is InChI=1S/C21H23N3O5S/c1-16-14-19(9-10-20(16)29-13-2-4-21(25)26)30(27,28)23-18-7-5-17(6-8-18)15-24-12-3-11-22-24/h3,5-12,14,23H,2,4,13,15H2,1H3,(H,25,26). The van der Waals surface area contributed by atoms with Crippen LogP contribution < -0.4 is 9.46 Å². The van der Waals surface area contributed by atoms with Crippen molar-refractivity contribution in [2.24, 2.45) is 0 Å². The maximum atomic E-state index is 12.7. The van der Waals surface area contributed by atoms with Crippen LogP contribution in [0.1, 0.15) is 24.0 Å². The largest absolute Gasteiger partial charge is 0.493 e. The number of nitrogens with zero attached hydrogens (tertiary/aromatic N) is 2. The van der Waals surface area contributed by atoms with Gasteiger partial charge in [0.1, 0.15) is 5.75 Å². The molecular weight excluding hydrogens is 406 g/mol. The van der Waals surface area contributed by atoms with E-state index in [1.54, 1.807) is 36.0 Å². The highest BCUT2D eigenvalue weighted by Gasteiger charge is 2.16. The first-order valence-corrected chi connectivity index (χ1v) is 10.9. The van der Waals surface area contributed by atoms with E-state index in [-0.39, 0.29) is 17.9 Å². The summed E-state index contributed by atoms with van der Waals surface area (Å²) in [4.78, 5) is 10.7. The summed E-state index contributed by atoms with van der Waals surface area (Å²) in [6.45, 7) is 2.60. The van der Waals surface area contributed by atoms with E-state index in [1.165, 1.54) is 12.1 Å². The number of sulfonamides is 1. The number of benzene rings is 2. The Hall–Kier alpha value is -3.33. The highest BCUT2D eigenvalue weighted by atomic mass is 32.2. The van der Waals surface area contributed by atoms with Gasteiger partial charge in [-0.2, -0.15) is 5.10 Å². The number of aryl methyl sites for hydroxylation is 1. The van der Waals surface area contributed by atoms with Gasteiger partial charge in [-0.1, -0.05) is 12.1 Å². The van der Waals surface area contributed by atoms with Crippen molar-refractivity contribution in [1.82, 2.24) is 9.78 Å². The Labute approximate surface area is 175 Å². The van der Waals surface area contributed by atoms with Gasteiger partial charge < -0.3 is 9.84 Å². The smallest absolute Gasteiger partial charge is 0.303 e. The van der Waals surface area contributed by atoms with Crippen LogP contribution in [0.5, 0.6) is 5.75 Å². The van der Waals surface area contributed by atoms with E-state index in [0.717, 1.165) is 5.56 Å². The lowest BCUT2D eigenvalue weighted by Crippen LogP contribution is -2.13. The molecule has 0 saturated carbocycles. The van der Waals surface area contributed by atoms with Gasteiger partial charge in [0.25, 0.3) is 10.0 Å². The van der Waals surface area contributed by atoms with Crippen LogP contribution in [0.25, 0.3) is 0 Å². The van der Waals surface area contributed by atoms with Crippen LogP contribution in [0.3, 0.4) is 0 Å². The summed E-state index contributed by atoms with van der Waals surface area (Å²) >= 11 is 0. The van der Waals surface area contributed by atoms with Gasteiger partial charge in [-0.3, -0.25) is 14.2 Å². The molecule has 2 aromatic carbocycles. The fraction of sp³-hybridized carbons (Fsp3) is 0.238. The molecule has 1 heterocycles. The van der Waals surface area contributed by atoms with Crippen molar-refractivity contribution in [3.05, 3.63) is 72.1 Å². The molecular formula is C21H23N3O5S. The highest BCUT2D eigenvalue weighted by molar-refractivity contribution is 7.92. The summed E-state index contributed by atoms with van der Waals surface area (Å²) in [6.07, 6.45) is 3.97. The molecule has 0 spiro atoms. The number of nitrogens with one attached hydrogen (secondary N) is 1. The average Bonchev–Trinajstić information content (AvgIpc) is 3.20. The van der Waals surface area contributed by atoms with E-state index in [9.17, 15) is 13.2 Å². The molecule has 0 aliphatic carbocycles. The zero-order valence-corrected chi connectivity index (χ0v) is 17.3. The number of aromatic nitrogens is 2. The third-order valence-electron chi connectivity index (χ3n) is 4.36. The van der Waals surface area contributed by atoms with E-state index in [1.807, 2.05) is 24.4 Å². The lowest BCUT2D eigenvalue weighted by molar-refractivity contribution is -0.137. The van der Waals surface area contributed by atoms with Gasteiger partial charge in [-0.05, 0) is 60.9 Å². The fourth-order valence-electron chi connectivity index (χ4n) is 2.83. The summed E-state index contributed by atoms with van der Waals surface area (Å²) in [7, 11) is -3.75. The zero-order chi connectivity index (χ0) is 21.6. The predicted molar refractivity (Wildman–Crippen MR) is 112 cm³/mol. The second kappa shape index (κ2) is 9.45. The molecule has 8 nitrogen and oxygen atoms in total. The molecule has 158 valence electrons. The van der Waals surface area contributed by atoms with E-state index in [2.05, 4.69) is 9.82 Å². The molecule has 0 bridgehead atoms. The molecule has 30 heavy (non-hydrogen) atoms. The van der Waals surface area contributed by atoms with Gasteiger partial charge in [-0.25, -0.2) is 8.42 Å². The number of hydrogen-bond acceptors (Lipinski definition) is 5. The third kappa shape index (κ3) is 5.84. The first kappa shape index (κ1) is 21.4. The third-order valence-corrected chi connectivity index (χ3v) is 5.74. The predicted octanol–water partition coefficient (Wildman–Crippen LogP) is 3.28. The molecule has 0 aliphatic heterocycles. The van der Waals surface area contributed by atoms with Crippen LogP contribution in [0.4, 0.5) is 5.69 Å². The van der Waals surface area contributed by atoms with Crippen molar-refractivity contribution in [2.45, 2.75) is 31.2 Å². The van der Waals surface area contributed by atoms with Gasteiger partial charge in [0.05, 0.1) is 18.0 Å². The summed E-state index contributed by atoms with van der Waals surface area (Å²) in [5.74, 6) is -0.348. The summed E-state index contributed by atoms with van der Waals surface area (Å²) in [5.41, 5.74) is 2.12. The number of carboxylic acid groups (broad SMARTS) is 1. The average molecular weight is 429 g/mol. The van der Waals surface area contributed by atoms with Crippen molar-refractivity contribution in [2.75, 3.05) is 11.3 Å². The molecule has 0 fully saturated rings. The van der Waals surface area contributed by atoms with Gasteiger partial charge >= 0.3 is 5.97 Å². The second-order valence-corrected chi connectivity index (χ2v) is 8.46. The van der Waals surface area contributed by atoms with Gasteiger partial charge in [0, 0.05) is 24.5 Å². The molecule has 0 atom stereocenters. The Morgan fingerprint density at radius 2 is 1.97 bits per heavy atom. The molecule has 9 heteroatoms.